The average molecular weight is 178 g/mol. The maximum Gasteiger partial charge on any atom is 0.133 e. The minimum Gasteiger partial charge on any atom is -0.300 e. The quantitative estimate of drug-likeness (QED) is 0.652. The summed E-state index contributed by atoms with van der Waals surface area (Å²) >= 11 is 0. The molecule has 1 aliphatic rings. The molecule has 0 radical (unpaired) electrons. The molecule has 1 aromatic rings. The van der Waals surface area contributed by atoms with Crippen molar-refractivity contribution in [3.63, 3.8) is 0 Å². The maximum absolute atomic E-state index is 11.2. The molecule has 0 saturated heterocycles. The van der Waals surface area contributed by atoms with Gasteiger partial charge in [-0.15, -0.1) is 0 Å². The average Bonchev–Trinajstić information content (AvgIpc) is 2.60. The van der Waals surface area contributed by atoms with Crippen LogP contribution >= 0.6 is 0 Å². The number of carbonyl (C=O) groups is 1. The lowest BCUT2D eigenvalue weighted by Gasteiger charge is -2.19. The zero-order valence-corrected chi connectivity index (χ0v) is 8.08. The van der Waals surface area contributed by atoms with Crippen molar-refractivity contribution >= 4 is 5.78 Å². The van der Waals surface area contributed by atoms with Crippen LogP contribution in [0.15, 0.2) is 12.3 Å². The molecule has 2 rings (SSSR count). The summed E-state index contributed by atoms with van der Waals surface area (Å²) in [4.78, 5) is 11.2. The minimum absolute atomic E-state index is 0.00164. The molecule has 1 aromatic heterocycles. The molecule has 0 amide bonds. The summed E-state index contributed by atoms with van der Waals surface area (Å²) in [6.45, 7) is 2.13. The zero-order chi connectivity index (χ0) is 9.47. The molecule has 0 spiro atoms. The molecule has 0 aromatic carbocycles. The number of nitrogens with zero attached hydrogens (tertiary/aromatic N) is 2. The number of aryl methyl sites for hydroxylation is 1. The van der Waals surface area contributed by atoms with Crippen molar-refractivity contribution in [2.75, 3.05) is 0 Å². The topological polar surface area (TPSA) is 34.9 Å². The Labute approximate surface area is 77.7 Å². The summed E-state index contributed by atoms with van der Waals surface area (Å²) in [5, 5.41) is 4.36. The normalized spacial score (nSPS) is 28.3. The summed E-state index contributed by atoms with van der Waals surface area (Å²) < 4.78 is 1.80. The van der Waals surface area contributed by atoms with Crippen LogP contribution in [0.3, 0.4) is 0 Å². The van der Waals surface area contributed by atoms with E-state index in [0.717, 1.165) is 12.1 Å². The largest absolute Gasteiger partial charge is 0.300 e. The van der Waals surface area contributed by atoms with Crippen molar-refractivity contribution in [3.05, 3.63) is 18.0 Å². The van der Waals surface area contributed by atoms with Crippen LogP contribution < -0.4 is 0 Å². The third kappa shape index (κ3) is 1.39. The van der Waals surface area contributed by atoms with Crippen LogP contribution in [0.25, 0.3) is 0 Å². The summed E-state index contributed by atoms with van der Waals surface area (Å²) in [5.74, 6) is 0.369. The van der Waals surface area contributed by atoms with Crippen LogP contribution in [0.2, 0.25) is 0 Å². The predicted octanol–water partition coefficient (Wildman–Crippen LogP) is 1.43. The second-order valence-corrected chi connectivity index (χ2v) is 4.15. The molecule has 1 atom stereocenters. The van der Waals surface area contributed by atoms with Gasteiger partial charge in [-0.3, -0.25) is 9.48 Å². The molecule has 1 fully saturated rings. The van der Waals surface area contributed by atoms with E-state index in [1.54, 1.807) is 4.68 Å². The van der Waals surface area contributed by atoms with Crippen LogP contribution in [-0.2, 0) is 17.3 Å². The van der Waals surface area contributed by atoms with Crippen LogP contribution in [-0.4, -0.2) is 15.6 Å². The van der Waals surface area contributed by atoms with Crippen molar-refractivity contribution in [2.24, 2.45) is 7.05 Å². The van der Waals surface area contributed by atoms with Gasteiger partial charge >= 0.3 is 0 Å². The molecule has 3 nitrogen and oxygen atoms in total. The number of hydrogen-bond acceptors (Lipinski definition) is 2. The predicted molar refractivity (Wildman–Crippen MR) is 49.4 cm³/mol. The first kappa shape index (κ1) is 8.48. The molecular weight excluding hydrogens is 164 g/mol. The van der Waals surface area contributed by atoms with E-state index in [9.17, 15) is 4.79 Å². The molecule has 1 aliphatic carbocycles. The van der Waals surface area contributed by atoms with E-state index in [4.69, 9.17) is 0 Å². The smallest absolute Gasteiger partial charge is 0.133 e. The highest BCUT2D eigenvalue weighted by Gasteiger charge is 2.37. The van der Waals surface area contributed by atoms with Crippen molar-refractivity contribution in [3.8, 4) is 0 Å². The second kappa shape index (κ2) is 2.69. The van der Waals surface area contributed by atoms with Crippen molar-refractivity contribution < 1.29 is 4.79 Å². The van der Waals surface area contributed by atoms with Crippen LogP contribution in [0.1, 0.15) is 31.9 Å². The highest BCUT2D eigenvalue weighted by atomic mass is 16.1. The fourth-order valence-corrected chi connectivity index (χ4v) is 1.98. The van der Waals surface area contributed by atoms with Gasteiger partial charge in [-0.25, -0.2) is 0 Å². The lowest BCUT2D eigenvalue weighted by molar-refractivity contribution is -0.117. The van der Waals surface area contributed by atoms with Gasteiger partial charge in [0.2, 0.25) is 0 Å². The molecule has 1 unspecified atom stereocenters. The van der Waals surface area contributed by atoms with Gasteiger partial charge in [0.25, 0.3) is 0 Å². The molecule has 1 heterocycles. The van der Waals surface area contributed by atoms with Crippen molar-refractivity contribution in [1.82, 2.24) is 9.78 Å². The second-order valence-electron chi connectivity index (χ2n) is 4.15. The summed E-state index contributed by atoms with van der Waals surface area (Å²) in [5.41, 5.74) is 1.05. The number of ketones is 1. The van der Waals surface area contributed by atoms with Gasteiger partial charge < -0.3 is 0 Å². The molecule has 1 saturated carbocycles. The number of carbonyl (C=O) groups excluding carboxylic acids is 1. The minimum atomic E-state index is -0.00164. The van der Waals surface area contributed by atoms with Crippen LogP contribution in [0.4, 0.5) is 0 Å². The van der Waals surface area contributed by atoms with Crippen molar-refractivity contribution in [1.29, 1.82) is 0 Å². The Morgan fingerprint density at radius 1 is 1.62 bits per heavy atom. The first-order chi connectivity index (χ1) is 6.10. The van der Waals surface area contributed by atoms with E-state index >= 15 is 0 Å². The van der Waals surface area contributed by atoms with E-state index in [1.807, 2.05) is 19.3 Å². The number of rotatable bonds is 1. The fraction of sp³-hybridized carbons (Fsp3) is 0.600. The van der Waals surface area contributed by atoms with E-state index in [2.05, 4.69) is 12.0 Å². The lowest BCUT2D eigenvalue weighted by atomic mass is 9.85. The van der Waals surface area contributed by atoms with E-state index < -0.39 is 0 Å². The third-order valence-corrected chi connectivity index (χ3v) is 2.87. The fourth-order valence-electron chi connectivity index (χ4n) is 1.98. The molecule has 0 N–H and O–H groups in total. The standard InChI is InChI=1S/C10H14N2O/c1-10(5-3-8(13)7-10)9-4-6-12(2)11-9/h4,6H,3,5,7H2,1-2H3. The molecule has 70 valence electrons. The van der Waals surface area contributed by atoms with Crippen LogP contribution in [0.5, 0.6) is 0 Å². The molecular formula is C10H14N2O. The summed E-state index contributed by atoms with van der Waals surface area (Å²) in [6.07, 6.45) is 4.25. The Hall–Kier alpha value is -1.12. The van der Waals surface area contributed by atoms with Crippen LogP contribution in [0, 0.1) is 0 Å². The Morgan fingerprint density at radius 3 is 2.85 bits per heavy atom. The highest BCUT2D eigenvalue weighted by molar-refractivity contribution is 5.82. The monoisotopic (exact) mass is 178 g/mol. The number of Topliss-reactive ketones (excluding diaryl/α,β-unsaturated/α-hetero) is 1. The lowest BCUT2D eigenvalue weighted by Crippen LogP contribution is -2.18. The van der Waals surface area contributed by atoms with Gasteiger partial charge in [-0.1, -0.05) is 6.92 Å². The van der Waals surface area contributed by atoms with Gasteiger partial charge in [0, 0.05) is 31.5 Å². The molecule has 13 heavy (non-hydrogen) atoms. The molecule has 0 aliphatic heterocycles. The molecule has 3 heteroatoms. The summed E-state index contributed by atoms with van der Waals surface area (Å²) in [6, 6.07) is 2.01. The molecule has 0 bridgehead atoms. The maximum atomic E-state index is 11.2. The zero-order valence-electron chi connectivity index (χ0n) is 8.08. The van der Waals surface area contributed by atoms with E-state index in [-0.39, 0.29) is 5.41 Å². The van der Waals surface area contributed by atoms with Gasteiger partial charge in [0.15, 0.2) is 0 Å². The number of aromatic nitrogens is 2. The van der Waals surface area contributed by atoms with Gasteiger partial charge in [-0.2, -0.15) is 5.10 Å². The van der Waals surface area contributed by atoms with E-state index in [1.165, 1.54) is 0 Å². The van der Waals surface area contributed by atoms with Gasteiger partial charge in [0.1, 0.15) is 5.78 Å². The third-order valence-electron chi connectivity index (χ3n) is 2.87. The summed E-state index contributed by atoms with van der Waals surface area (Å²) in [7, 11) is 1.91. The SMILES string of the molecule is Cn1ccc(C2(C)CCC(=O)C2)n1. The van der Waals surface area contributed by atoms with Crippen molar-refractivity contribution in [2.45, 2.75) is 31.6 Å². The van der Waals surface area contributed by atoms with Gasteiger partial charge in [0.05, 0.1) is 5.69 Å². The van der Waals surface area contributed by atoms with E-state index in [0.29, 0.717) is 18.6 Å². The first-order valence-corrected chi connectivity index (χ1v) is 4.62. The Kier molecular flexibility index (Phi) is 1.75. The Balaban J connectivity index is 2.30. The Morgan fingerprint density at radius 2 is 2.38 bits per heavy atom. The first-order valence-electron chi connectivity index (χ1n) is 4.62. The Bertz CT molecular complexity index is 342. The number of hydrogen-bond donors (Lipinski definition) is 0. The highest BCUT2D eigenvalue weighted by Crippen LogP contribution is 2.37. The van der Waals surface area contributed by atoms with Gasteiger partial charge in [-0.05, 0) is 12.5 Å².